The van der Waals surface area contributed by atoms with Crippen molar-refractivity contribution in [2.75, 3.05) is 9.80 Å². The number of nitrogens with zero attached hydrogens (tertiary/aromatic N) is 2. The van der Waals surface area contributed by atoms with E-state index in [2.05, 4.69) is 168 Å². The summed E-state index contributed by atoms with van der Waals surface area (Å²) in [4.78, 5) is 4.64. The number of anilines is 6. The molecule has 0 saturated carbocycles. The van der Waals surface area contributed by atoms with Gasteiger partial charge in [-0.05, 0) is 106 Å². The second-order valence-corrected chi connectivity index (χ2v) is 17.5. The Labute approximate surface area is 389 Å². The molecule has 2 aromatic heterocycles. The van der Waals surface area contributed by atoms with Crippen molar-refractivity contribution in [3.05, 3.63) is 218 Å². The van der Waals surface area contributed by atoms with Gasteiger partial charge in [-0.15, -0.1) is 0 Å². The van der Waals surface area contributed by atoms with E-state index in [0.29, 0.717) is 0 Å². The zero-order valence-electron chi connectivity index (χ0n) is 36.3. The topological polar surface area (TPSA) is 51.2 Å². The zero-order valence-corrected chi connectivity index (χ0v) is 36.3. The molecule has 2 aliphatic heterocycles. The molecule has 4 heterocycles. The van der Waals surface area contributed by atoms with E-state index in [4.69, 9.17) is 18.3 Å². The summed E-state index contributed by atoms with van der Waals surface area (Å²) in [5, 5.41) is 8.60. The highest BCUT2D eigenvalue weighted by Crippen LogP contribution is 2.56. The third-order valence-corrected chi connectivity index (χ3v) is 13.8. The molecular weight excluding hydrogens is 837 g/mol. The molecule has 15 rings (SSSR count). The number of benzene rings is 11. The minimum Gasteiger partial charge on any atom is -0.455 e. The Kier molecular flexibility index (Phi) is 7.69. The number of furan rings is 2. The van der Waals surface area contributed by atoms with Gasteiger partial charge in [0.1, 0.15) is 22.3 Å². The van der Waals surface area contributed by atoms with E-state index >= 15 is 0 Å². The summed E-state index contributed by atoms with van der Waals surface area (Å²) in [7, 11) is 0. The number of hydrogen-bond donors (Lipinski definition) is 0. The van der Waals surface area contributed by atoms with Crippen LogP contribution in [-0.4, -0.2) is 0 Å². The molecule has 11 aromatic carbocycles. The van der Waals surface area contributed by atoms with Crippen LogP contribution in [0.1, 0.15) is 0 Å². The molecule has 6 nitrogen and oxygen atoms in total. The highest BCUT2D eigenvalue weighted by molar-refractivity contribution is 6.27. The third-order valence-electron chi connectivity index (χ3n) is 13.8. The van der Waals surface area contributed by atoms with Crippen LogP contribution in [0.15, 0.2) is 227 Å². The Morgan fingerprint density at radius 2 is 0.618 bits per heavy atom. The normalized spacial score (nSPS) is 12.9. The number of rotatable bonds is 4. The van der Waals surface area contributed by atoms with Crippen LogP contribution in [0, 0.1) is 0 Å². The van der Waals surface area contributed by atoms with Gasteiger partial charge in [-0.1, -0.05) is 133 Å². The van der Waals surface area contributed by atoms with Gasteiger partial charge in [0.25, 0.3) is 0 Å². The lowest BCUT2D eigenvalue weighted by molar-refractivity contribution is 0.477. The standard InChI is InChI=1S/C62H36N2O4/c1-7-25-53-39(15-1)43-17-13-19-45(61(43)67-53)59-41-33-31-38(64-51-23-5-11-29-57(51)66-58-30-12-6-24-52(58)64)36-48(41)60(46-20-14-18-44-40-16-2-8-26-54(40)68-62(44)46)42-34-32-37(35-47(42)59)63-49-21-3-9-27-55(49)65-56-28-10-4-22-50(56)63/h1-36H. The number of ether oxygens (including phenoxy) is 2. The Morgan fingerprint density at radius 1 is 0.265 bits per heavy atom. The summed E-state index contributed by atoms with van der Waals surface area (Å²) in [5.74, 6) is 3.20. The van der Waals surface area contributed by atoms with Crippen LogP contribution in [0.2, 0.25) is 0 Å². The lowest BCUT2D eigenvalue weighted by Gasteiger charge is -2.33. The van der Waals surface area contributed by atoms with Gasteiger partial charge in [-0.25, -0.2) is 0 Å². The van der Waals surface area contributed by atoms with Crippen molar-refractivity contribution in [3.8, 4) is 45.3 Å². The third kappa shape index (κ3) is 5.28. The predicted octanol–water partition coefficient (Wildman–Crippen LogP) is 18.3. The highest BCUT2D eigenvalue weighted by atomic mass is 16.5. The number of hydrogen-bond acceptors (Lipinski definition) is 6. The predicted molar refractivity (Wildman–Crippen MR) is 276 cm³/mol. The van der Waals surface area contributed by atoms with Gasteiger partial charge in [0.2, 0.25) is 0 Å². The average Bonchev–Trinajstić information content (AvgIpc) is 3.98. The monoisotopic (exact) mass is 872 g/mol. The van der Waals surface area contributed by atoms with Crippen LogP contribution in [0.5, 0.6) is 23.0 Å². The summed E-state index contributed by atoms with van der Waals surface area (Å²) < 4.78 is 26.9. The summed E-state index contributed by atoms with van der Waals surface area (Å²) in [6.45, 7) is 0. The van der Waals surface area contributed by atoms with Gasteiger partial charge < -0.3 is 28.1 Å². The maximum absolute atomic E-state index is 6.91. The summed E-state index contributed by atoms with van der Waals surface area (Å²) >= 11 is 0. The van der Waals surface area contributed by atoms with Crippen LogP contribution < -0.4 is 19.3 Å². The first-order valence-corrected chi connectivity index (χ1v) is 22.9. The summed E-state index contributed by atoms with van der Waals surface area (Å²) in [6.07, 6.45) is 0. The first-order chi connectivity index (χ1) is 33.7. The first-order valence-electron chi connectivity index (χ1n) is 22.9. The van der Waals surface area contributed by atoms with Gasteiger partial charge in [-0.3, -0.25) is 0 Å². The van der Waals surface area contributed by atoms with E-state index in [1.54, 1.807) is 0 Å². The molecule has 0 spiro atoms. The molecule has 0 aliphatic carbocycles. The largest absolute Gasteiger partial charge is 0.455 e. The number of fused-ring (bicyclic) bond motifs is 12. The van der Waals surface area contributed by atoms with Crippen molar-refractivity contribution in [3.63, 3.8) is 0 Å². The van der Waals surface area contributed by atoms with Gasteiger partial charge in [-0.2, -0.15) is 0 Å². The van der Waals surface area contributed by atoms with Crippen molar-refractivity contribution >= 4 is 99.5 Å². The van der Waals surface area contributed by atoms with E-state index in [0.717, 1.165) is 145 Å². The minimum atomic E-state index is 0.799. The van der Waals surface area contributed by atoms with Gasteiger partial charge in [0.05, 0.1) is 22.7 Å². The second kappa shape index (κ2) is 14.1. The molecule has 0 fully saturated rings. The van der Waals surface area contributed by atoms with Crippen LogP contribution in [0.25, 0.3) is 87.7 Å². The molecule has 68 heavy (non-hydrogen) atoms. The lowest BCUT2D eigenvalue weighted by Crippen LogP contribution is -2.16. The van der Waals surface area contributed by atoms with Crippen molar-refractivity contribution in [1.82, 2.24) is 0 Å². The van der Waals surface area contributed by atoms with Gasteiger partial charge in [0, 0.05) is 55.2 Å². The maximum atomic E-state index is 6.91. The average molecular weight is 873 g/mol. The molecule has 0 saturated heterocycles. The fraction of sp³-hybridized carbons (Fsp3) is 0. The van der Waals surface area contributed by atoms with Crippen LogP contribution in [-0.2, 0) is 0 Å². The lowest BCUT2D eigenvalue weighted by atomic mass is 9.84. The Bertz CT molecular complexity index is 3890. The van der Waals surface area contributed by atoms with Crippen LogP contribution >= 0.6 is 0 Å². The molecule has 318 valence electrons. The fourth-order valence-corrected chi connectivity index (χ4v) is 10.9. The quantitative estimate of drug-likeness (QED) is 0.164. The van der Waals surface area contributed by atoms with E-state index in [-0.39, 0.29) is 0 Å². The molecule has 0 bridgehead atoms. The molecule has 6 heteroatoms. The minimum absolute atomic E-state index is 0.799. The SMILES string of the molecule is c1ccc2c(c1)Oc1ccccc1N2c1ccc2c(-c3cccc4c3oc3ccccc34)c3cc(N4c5ccccc5Oc5ccccc54)ccc3c(-c3cccc4c3oc3ccccc34)c2c1. The van der Waals surface area contributed by atoms with Crippen molar-refractivity contribution < 1.29 is 18.3 Å². The van der Waals surface area contributed by atoms with E-state index in [1.165, 1.54) is 0 Å². The smallest absolute Gasteiger partial charge is 0.151 e. The second-order valence-electron chi connectivity index (χ2n) is 17.5. The van der Waals surface area contributed by atoms with E-state index in [9.17, 15) is 0 Å². The Morgan fingerprint density at radius 3 is 1.03 bits per heavy atom. The summed E-state index contributed by atoms with van der Waals surface area (Å²) in [5.41, 5.74) is 13.4. The molecule has 0 amide bonds. The van der Waals surface area contributed by atoms with Crippen molar-refractivity contribution in [2.24, 2.45) is 0 Å². The van der Waals surface area contributed by atoms with E-state index in [1.807, 2.05) is 60.7 Å². The molecule has 0 atom stereocenters. The fourth-order valence-electron chi connectivity index (χ4n) is 10.9. The molecule has 2 aliphatic rings. The summed E-state index contributed by atoms with van der Waals surface area (Å²) in [6, 6.07) is 76.6. The van der Waals surface area contributed by atoms with Crippen molar-refractivity contribution in [2.45, 2.75) is 0 Å². The molecule has 0 unspecified atom stereocenters. The Hall–Kier alpha value is -9.26. The maximum Gasteiger partial charge on any atom is 0.151 e. The van der Waals surface area contributed by atoms with E-state index < -0.39 is 0 Å². The van der Waals surface area contributed by atoms with Crippen molar-refractivity contribution in [1.29, 1.82) is 0 Å². The molecular formula is C62H36N2O4. The zero-order chi connectivity index (χ0) is 44.5. The molecule has 0 radical (unpaired) electrons. The van der Waals surface area contributed by atoms with Crippen LogP contribution in [0.3, 0.4) is 0 Å². The first kappa shape index (κ1) is 37.0. The van der Waals surface area contributed by atoms with Gasteiger partial charge >= 0.3 is 0 Å². The van der Waals surface area contributed by atoms with Crippen LogP contribution in [0.4, 0.5) is 34.1 Å². The molecule has 13 aromatic rings. The number of para-hydroxylation sites is 12. The highest BCUT2D eigenvalue weighted by Gasteiger charge is 2.30. The Balaban J connectivity index is 1.11. The molecule has 0 N–H and O–H groups in total. The van der Waals surface area contributed by atoms with Gasteiger partial charge in [0.15, 0.2) is 23.0 Å².